The van der Waals surface area contributed by atoms with Crippen molar-refractivity contribution >= 4 is 35.9 Å². The van der Waals surface area contributed by atoms with Gasteiger partial charge in [0, 0.05) is 25.7 Å². The van der Waals surface area contributed by atoms with E-state index in [1.807, 2.05) is 46.8 Å². The van der Waals surface area contributed by atoms with Crippen LogP contribution in [-0.4, -0.2) is 37.7 Å². The molecule has 0 atom stereocenters. The van der Waals surface area contributed by atoms with Crippen molar-refractivity contribution in [2.45, 2.75) is 59.8 Å². The van der Waals surface area contributed by atoms with E-state index >= 15 is 0 Å². The molecule has 0 bridgehead atoms. The predicted molar refractivity (Wildman–Crippen MR) is 116 cm³/mol. The maximum atomic E-state index is 11.5. The van der Waals surface area contributed by atoms with E-state index in [2.05, 4.69) is 21.7 Å². The van der Waals surface area contributed by atoms with Gasteiger partial charge in [0.15, 0.2) is 5.96 Å². The van der Waals surface area contributed by atoms with Crippen LogP contribution in [0.3, 0.4) is 0 Å². The van der Waals surface area contributed by atoms with Crippen molar-refractivity contribution in [3.63, 3.8) is 0 Å². The topological polar surface area (TPSA) is 72.0 Å². The number of esters is 1. The van der Waals surface area contributed by atoms with Crippen LogP contribution in [0.25, 0.3) is 0 Å². The zero-order valence-corrected chi connectivity index (χ0v) is 18.9. The van der Waals surface area contributed by atoms with Gasteiger partial charge in [-0.2, -0.15) is 0 Å². The molecule has 0 amide bonds. The minimum atomic E-state index is -0.218. The van der Waals surface area contributed by atoms with Crippen LogP contribution in [0.5, 0.6) is 5.75 Å². The normalized spacial score (nSPS) is 11.2. The van der Waals surface area contributed by atoms with Crippen molar-refractivity contribution in [3.05, 3.63) is 29.3 Å². The molecule has 2 N–H and O–H groups in total. The number of carbonyl (C=O) groups is 1. The van der Waals surface area contributed by atoms with Crippen molar-refractivity contribution in [2.24, 2.45) is 4.99 Å². The lowest BCUT2D eigenvalue weighted by atomic mass is 10.1. The van der Waals surface area contributed by atoms with Crippen molar-refractivity contribution < 1.29 is 14.3 Å². The molecule has 26 heavy (non-hydrogen) atoms. The number of nitrogens with zero attached hydrogens (tertiary/aromatic N) is 1. The predicted octanol–water partition coefficient (Wildman–Crippen LogP) is 3.41. The fourth-order valence-corrected chi connectivity index (χ4v) is 2.18. The van der Waals surface area contributed by atoms with Gasteiger partial charge in [0.05, 0.1) is 18.6 Å². The van der Waals surface area contributed by atoms with Crippen LogP contribution >= 0.6 is 24.0 Å². The Hall–Kier alpha value is -1.51. The number of nitrogens with one attached hydrogen (secondary N) is 2. The van der Waals surface area contributed by atoms with Crippen LogP contribution in [-0.2, 0) is 16.1 Å². The maximum absolute atomic E-state index is 11.5. The summed E-state index contributed by atoms with van der Waals surface area (Å²) in [5, 5.41) is 6.35. The number of aryl methyl sites for hydroxylation is 1. The molecular formula is C19H32IN3O3. The number of guanidine groups is 1. The van der Waals surface area contributed by atoms with Crippen LogP contribution in [0.1, 0.15) is 45.2 Å². The molecule has 0 aliphatic carbocycles. The number of hydrogen-bond donors (Lipinski definition) is 2. The summed E-state index contributed by atoms with van der Waals surface area (Å²) in [7, 11) is 1.70. The zero-order chi connectivity index (χ0) is 18.8. The van der Waals surface area contributed by atoms with E-state index in [1.165, 1.54) is 0 Å². The minimum absolute atomic E-state index is 0. The van der Waals surface area contributed by atoms with E-state index in [4.69, 9.17) is 9.47 Å². The Morgan fingerprint density at radius 1 is 1.15 bits per heavy atom. The van der Waals surface area contributed by atoms with Gasteiger partial charge in [-0.3, -0.25) is 9.79 Å². The van der Waals surface area contributed by atoms with E-state index in [0.29, 0.717) is 25.5 Å². The van der Waals surface area contributed by atoms with Gasteiger partial charge in [-0.1, -0.05) is 12.1 Å². The summed E-state index contributed by atoms with van der Waals surface area (Å²) in [6, 6.07) is 6.14. The van der Waals surface area contributed by atoms with Gasteiger partial charge in [0.2, 0.25) is 0 Å². The van der Waals surface area contributed by atoms with Gasteiger partial charge in [-0.25, -0.2) is 0 Å². The molecule has 1 aromatic rings. The monoisotopic (exact) mass is 477 g/mol. The summed E-state index contributed by atoms with van der Waals surface area (Å²) in [5.74, 6) is 1.29. The van der Waals surface area contributed by atoms with Gasteiger partial charge < -0.3 is 20.1 Å². The third-order valence-corrected chi connectivity index (χ3v) is 3.24. The lowest BCUT2D eigenvalue weighted by Crippen LogP contribution is -2.38. The molecule has 0 heterocycles. The van der Waals surface area contributed by atoms with E-state index in [0.717, 1.165) is 16.9 Å². The highest BCUT2D eigenvalue weighted by Gasteiger charge is 2.09. The molecule has 7 heteroatoms. The van der Waals surface area contributed by atoms with Crippen molar-refractivity contribution in [1.29, 1.82) is 0 Å². The Morgan fingerprint density at radius 3 is 2.42 bits per heavy atom. The fraction of sp³-hybridized carbons (Fsp3) is 0.579. The lowest BCUT2D eigenvalue weighted by molar-refractivity contribution is -0.147. The van der Waals surface area contributed by atoms with Crippen LogP contribution in [0.4, 0.5) is 0 Å². The van der Waals surface area contributed by atoms with Gasteiger partial charge in [-0.15, -0.1) is 24.0 Å². The second-order valence-corrected chi connectivity index (χ2v) is 6.42. The molecule has 1 rings (SSSR count). The highest BCUT2D eigenvalue weighted by molar-refractivity contribution is 14.0. The average molecular weight is 477 g/mol. The SMILES string of the molecule is CN=C(NCCC(=O)OC(C)C)NCc1ccc(C)cc1OC(C)C.I. The van der Waals surface area contributed by atoms with Crippen LogP contribution < -0.4 is 15.4 Å². The zero-order valence-electron chi connectivity index (χ0n) is 16.6. The van der Waals surface area contributed by atoms with Gasteiger partial charge in [-0.05, 0) is 46.2 Å². The first-order chi connectivity index (χ1) is 11.8. The Morgan fingerprint density at radius 2 is 1.85 bits per heavy atom. The van der Waals surface area contributed by atoms with Gasteiger partial charge in [0.1, 0.15) is 5.75 Å². The van der Waals surface area contributed by atoms with Crippen LogP contribution in [0.2, 0.25) is 0 Å². The Balaban J connectivity index is 0.00000625. The van der Waals surface area contributed by atoms with Gasteiger partial charge in [0.25, 0.3) is 0 Å². The Bertz CT molecular complexity index is 589. The third kappa shape index (κ3) is 9.84. The molecule has 0 saturated heterocycles. The number of aliphatic imine (C=N–C) groups is 1. The number of benzene rings is 1. The second kappa shape index (κ2) is 12.8. The highest BCUT2D eigenvalue weighted by atomic mass is 127. The van der Waals surface area contributed by atoms with E-state index in [9.17, 15) is 4.79 Å². The summed E-state index contributed by atoms with van der Waals surface area (Å²) in [6.45, 7) is 10.8. The molecule has 6 nitrogen and oxygen atoms in total. The molecule has 0 fully saturated rings. The van der Waals surface area contributed by atoms with Crippen molar-refractivity contribution in [1.82, 2.24) is 10.6 Å². The largest absolute Gasteiger partial charge is 0.491 e. The number of carbonyl (C=O) groups excluding carboxylic acids is 1. The second-order valence-electron chi connectivity index (χ2n) is 6.42. The fourth-order valence-electron chi connectivity index (χ4n) is 2.18. The highest BCUT2D eigenvalue weighted by Crippen LogP contribution is 2.21. The average Bonchev–Trinajstić information content (AvgIpc) is 2.50. The first-order valence-corrected chi connectivity index (χ1v) is 8.72. The summed E-state index contributed by atoms with van der Waals surface area (Å²) in [5.41, 5.74) is 2.21. The quantitative estimate of drug-likeness (QED) is 0.260. The van der Waals surface area contributed by atoms with E-state index in [1.54, 1.807) is 7.05 Å². The van der Waals surface area contributed by atoms with Gasteiger partial charge >= 0.3 is 5.97 Å². The molecule has 0 aromatic heterocycles. The summed E-state index contributed by atoms with van der Waals surface area (Å²) >= 11 is 0. The number of halogens is 1. The van der Waals surface area contributed by atoms with E-state index in [-0.39, 0.29) is 42.2 Å². The molecule has 0 unspecified atom stereocenters. The number of hydrogen-bond acceptors (Lipinski definition) is 4. The Labute approximate surface area is 174 Å². The molecule has 0 radical (unpaired) electrons. The molecule has 148 valence electrons. The molecular weight excluding hydrogens is 445 g/mol. The number of rotatable bonds is 8. The first-order valence-electron chi connectivity index (χ1n) is 8.72. The maximum Gasteiger partial charge on any atom is 0.307 e. The molecule has 0 aliphatic heterocycles. The summed E-state index contributed by atoms with van der Waals surface area (Å²) in [6.07, 6.45) is 0.321. The third-order valence-electron chi connectivity index (χ3n) is 3.24. The standard InChI is InChI=1S/C19H31N3O3.HI/c1-13(2)24-17-11-15(5)7-8-16(17)12-22-19(20-6)21-10-9-18(23)25-14(3)4;/h7-8,11,13-14H,9-10,12H2,1-6H3,(H2,20,21,22);1H. The van der Waals surface area contributed by atoms with E-state index < -0.39 is 0 Å². The first kappa shape index (κ1) is 24.5. The molecule has 1 aromatic carbocycles. The van der Waals surface area contributed by atoms with Crippen LogP contribution in [0.15, 0.2) is 23.2 Å². The number of ether oxygens (including phenoxy) is 2. The summed E-state index contributed by atoms with van der Waals surface area (Å²) < 4.78 is 11.0. The molecule has 0 spiro atoms. The van der Waals surface area contributed by atoms with Crippen LogP contribution in [0, 0.1) is 6.92 Å². The molecule has 0 aliphatic rings. The minimum Gasteiger partial charge on any atom is -0.491 e. The molecule has 0 saturated carbocycles. The van der Waals surface area contributed by atoms with Crippen molar-refractivity contribution in [3.8, 4) is 5.75 Å². The summed E-state index contributed by atoms with van der Waals surface area (Å²) in [4.78, 5) is 15.7. The van der Waals surface area contributed by atoms with Crippen molar-refractivity contribution in [2.75, 3.05) is 13.6 Å². The Kier molecular flexibility index (Phi) is 12.0. The smallest absolute Gasteiger partial charge is 0.307 e. The lowest BCUT2D eigenvalue weighted by Gasteiger charge is -2.17.